The molecule has 0 saturated carbocycles. The number of carbonyl (C=O) groups is 2. The highest BCUT2D eigenvalue weighted by molar-refractivity contribution is 7.89. The summed E-state index contributed by atoms with van der Waals surface area (Å²) in [5.74, 6) is 0.0461. The molecule has 19 nitrogen and oxygen atoms in total. The third-order valence-corrected chi connectivity index (χ3v) is 13.6. The summed E-state index contributed by atoms with van der Waals surface area (Å²) in [5, 5.41) is 18.9. The lowest BCUT2D eigenvalue weighted by atomic mass is 9.89. The van der Waals surface area contributed by atoms with Crippen LogP contribution in [0.3, 0.4) is 0 Å². The molecule has 6 aromatic rings. The molecule has 0 radical (unpaired) electrons. The van der Waals surface area contributed by atoms with Gasteiger partial charge >= 0.3 is 5.69 Å². The minimum atomic E-state index is -3.90. The largest absolute Gasteiger partial charge is 0.485 e. The number of rotatable bonds is 14. The molecule has 2 aromatic carbocycles. The minimum absolute atomic E-state index is 0.133. The van der Waals surface area contributed by atoms with Gasteiger partial charge in [-0.2, -0.15) is 9.50 Å². The van der Waals surface area contributed by atoms with E-state index < -0.39 is 22.0 Å². The van der Waals surface area contributed by atoms with E-state index in [1.165, 1.54) is 32.1 Å². The first-order valence-electron chi connectivity index (χ1n) is 20.5. The Morgan fingerprint density at radius 3 is 2.61 bits per heavy atom. The van der Waals surface area contributed by atoms with Crippen molar-refractivity contribution in [2.75, 3.05) is 38.5 Å². The molecule has 8 rings (SSSR count). The summed E-state index contributed by atoms with van der Waals surface area (Å²) >= 11 is 0. The Morgan fingerprint density at radius 1 is 1.10 bits per heavy atom. The average molecular weight is 864 g/mol. The number of benzene rings is 2. The summed E-state index contributed by atoms with van der Waals surface area (Å²) in [6.45, 7) is 6.48. The third-order valence-electron chi connectivity index (χ3n) is 11.7. The Kier molecular flexibility index (Phi) is 11.6. The van der Waals surface area contributed by atoms with Crippen molar-refractivity contribution in [1.29, 1.82) is 5.41 Å². The number of aryl methyl sites for hydroxylation is 1. The summed E-state index contributed by atoms with van der Waals surface area (Å²) < 4.78 is 40.1. The summed E-state index contributed by atoms with van der Waals surface area (Å²) in [6, 6.07) is 10.2. The molecule has 20 heteroatoms. The van der Waals surface area contributed by atoms with Crippen molar-refractivity contribution >= 4 is 72.7 Å². The number of imide groups is 1. The molecule has 5 N–H and O–H groups in total. The van der Waals surface area contributed by atoms with Crippen LogP contribution in [0.15, 0.2) is 71.0 Å². The van der Waals surface area contributed by atoms with E-state index in [1.54, 1.807) is 43.1 Å². The van der Waals surface area contributed by atoms with Gasteiger partial charge in [0.1, 0.15) is 18.1 Å². The van der Waals surface area contributed by atoms with Crippen molar-refractivity contribution in [2.45, 2.75) is 68.9 Å². The van der Waals surface area contributed by atoms with E-state index >= 15 is 0 Å². The first kappa shape index (κ1) is 42.2. The highest BCUT2D eigenvalue weighted by Crippen LogP contribution is 2.35. The van der Waals surface area contributed by atoms with Gasteiger partial charge in [-0.25, -0.2) is 22.5 Å². The molecule has 2 aliphatic heterocycles. The van der Waals surface area contributed by atoms with Crippen LogP contribution in [0.4, 0.5) is 11.6 Å². The monoisotopic (exact) mass is 863 g/mol. The fraction of sp³-hybridized carbons (Fsp3) is 0.381. The number of pyridine rings is 1. The Morgan fingerprint density at radius 2 is 1.89 bits per heavy atom. The molecule has 0 aliphatic carbocycles. The molecule has 324 valence electrons. The van der Waals surface area contributed by atoms with Crippen molar-refractivity contribution in [3.05, 3.63) is 83.1 Å². The highest BCUT2D eigenvalue weighted by Gasteiger charge is 2.32. The number of carbonyl (C=O) groups excluding carboxylic acids is 2. The van der Waals surface area contributed by atoms with Crippen LogP contribution in [-0.2, 0) is 26.7 Å². The number of amides is 2. The maximum atomic E-state index is 14.1. The third kappa shape index (κ3) is 7.91. The van der Waals surface area contributed by atoms with E-state index in [2.05, 4.69) is 35.6 Å². The van der Waals surface area contributed by atoms with Crippen molar-refractivity contribution in [1.82, 2.24) is 48.2 Å². The summed E-state index contributed by atoms with van der Waals surface area (Å²) in [7, 11) is -0.607. The van der Waals surface area contributed by atoms with E-state index in [0.717, 1.165) is 49.8 Å². The molecule has 2 amide bonds. The number of ether oxygens (including phenoxy) is 1. The Hall–Kier alpha value is -6.51. The SMILES string of the molecule is CC(C)Oc1c(/C(C=N)=C/N)ncn2nc(Nc3ccc(S(=O)(=O)N(C)CCCN4CCC(c5ccc6c(c5)n(C)c(=O)n6C5CCC(=O)NC5=O)CC4)c4cnccc34)nc12. The maximum absolute atomic E-state index is 14.1. The molecule has 62 heavy (non-hydrogen) atoms. The number of piperidine rings is 2. The standard InChI is InChI=1S/C42H49N13O6S/c1-25(2)61-38-37(28(21-43)22-44)46-24-54-39(38)49-41(50-54)47-31-7-10-35(30-23-45-15-12-29(30)31)62(59,60)51(3)16-5-17-53-18-13-26(14-19-53)27-6-8-32-34(20-27)52(4)42(58)55(32)33-9-11-36(56)48-40(33)57/h6-8,10,12,15,20-26,33,43H,5,9,11,13-14,16-19,44H2,1-4H3,(H,47,50)(H,48,56,57)/b28-22+,43-21?. The summed E-state index contributed by atoms with van der Waals surface area (Å²) in [6.07, 6.45) is 9.66. The topological polar surface area (TPSA) is 241 Å². The predicted octanol–water partition coefficient (Wildman–Crippen LogP) is 3.67. The van der Waals surface area contributed by atoms with Crippen molar-refractivity contribution in [3.63, 3.8) is 0 Å². The molecule has 6 heterocycles. The van der Waals surface area contributed by atoms with E-state index in [9.17, 15) is 22.8 Å². The molecule has 2 aliphatic rings. The number of likely N-dealkylation sites (tertiary alicyclic amines) is 1. The molecule has 4 aromatic heterocycles. The van der Waals surface area contributed by atoms with Gasteiger partial charge in [0, 0.05) is 73.9 Å². The molecule has 2 saturated heterocycles. The quantitative estimate of drug-likeness (QED) is 0.0904. The predicted molar refractivity (Wildman–Crippen MR) is 234 cm³/mol. The Labute approximate surface area is 357 Å². The van der Waals surface area contributed by atoms with Crippen LogP contribution in [0.2, 0.25) is 0 Å². The van der Waals surface area contributed by atoms with E-state index in [-0.39, 0.29) is 47.3 Å². The van der Waals surface area contributed by atoms with Gasteiger partial charge in [-0.3, -0.25) is 29.0 Å². The second-order valence-electron chi connectivity index (χ2n) is 15.9. The lowest BCUT2D eigenvalue weighted by Gasteiger charge is -2.32. The number of hydrogen-bond acceptors (Lipinski definition) is 14. The highest BCUT2D eigenvalue weighted by atomic mass is 32.2. The number of nitrogens with two attached hydrogens (primary N) is 1. The second-order valence-corrected chi connectivity index (χ2v) is 18.0. The zero-order chi connectivity index (χ0) is 43.9. The molecule has 1 atom stereocenters. The number of anilines is 2. The summed E-state index contributed by atoms with van der Waals surface area (Å²) in [5.41, 5.74) is 9.66. The molecule has 0 spiro atoms. The molecular weight excluding hydrogens is 815 g/mol. The number of nitrogens with one attached hydrogen (secondary N) is 3. The summed E-state index contributed by atoms with van der Waals surface area (Å²) in [4.78, 5) is 53.4. The van der Waals surface area contributed by atoms with Gasteiger partial charge in [-0.15, -0.1) is 5.10 Å². The first-order chi connectivity index (χ1) is 29.8. The van der Waals surface area contributed by atoms with Crippen LogP contribution in [0.25, 0.3) is 33.0 Å². The number of sulfonamides is 1. The lowest BCUT2D eigenvalue weighted by Crippen LogP contribution is -2.44. The number of imidazole rings is 1. The molecule has 0 bridgehead atoms. The number of fused-ring (bicyclic) bond motifs is 3. The van der Waals surface area contributed by atoms with Gasteiger partial charge < -0.3 is 26.1 Å². The number of nitrogens with zero attached hydrogens (tertiary/aromatic N) is 9. The fourth-order valence-corrected chi connectivity index (χ4v) is 9.80. The Balaban J connectivity index is 0.910. The van der Waals surface area contributed by atoms with Crippen molar-refractivity contribution in [2.24, 2.45) is 12.8 Å². The fourth-order valence-electron chi connectivity index (χ4n) is 8.41. The van der Waals surface area contributed by atoms with Gasteiger partial charge in [-0.1, -0.05) is 6.07 Å². The smallest absolute Gasteiger partial charge is 0.329 e. The van der Waals surface area contributed by atoms with Crippen LogP contribution in [0.5, 0.6) is 5.75 Å². The molecule has 1 unspecified atom stereocenters. The van der Waals surface area contributed by atoms with E-state index in [0.29, 0.717) is 57.6 Å². The van der Waals surface area contributed by atoms with Crippen LogP contribution < -0.4 is 26.8 Å². The number of aromatic nitrogens is 7. The lowest BCUT2D eigenvalue weighted by molar-refractivity contribution is -0.135. The van der Waals surface area contributed by atoms with Crippen LogP contribution >= 0.6 is 0 Å². The van der Waals surface area contributed by atoms with E-state index in [1.807, 2.05) is 32.0 Å². The molecule has 2 fully saturated rings. The number of allylic oxidation sites excluding steroid dienone is 1. The van der Waals surface area contributed by atoms with Crippen LogP contribution in [0, 0.1) is 5.41 Å². The maximum Gasteiger partial charge on any atom is 0.329 e. The first-order valence-corrected chi connectivity index (χ1v) is 21.9. The van der Waals surface area contributed by atoms with Gasteiger partial charge in [0.2, 0.25) is 33.4 Å². The van der Waals surface area contributed by atoms with Gasteiger partial charge in [0.15, 0.2) is 5.75 Å². The Bertz CT molecular complexity index is 2930. The number of hydrogen-bond donors (Lipinski definition) is 4. The van der Waals surface area contributed by atoms with Crippen LogP contribution in [0.1, 0.15) is 69.2 Å². The second kappa shape index (κ2) is 17.1. The zero-order valence-corrected chi connectivity index (χ0v) is 35.7. The van der Waals surface area contributed by atoms with Gasteiger partial charge in [-0.05, 0) is 101 Å². The van der Waals surface area contributed by atoms with E-state index in [4.69, 9.17) is 15.9 Å². The van der Waals surface area contributed by atoms with Crippen molar-refractivity contribution < 1.29 is 22.7 Å². The minimum Gasteiger partial charge on any atom is -0.485 e. The zero-order valence-electron chi connectivity index (χ0n) is 34.9. The van der Waals surface area contributed by atoms with Gasteiger partial charge in [0.05, 0.1) is 22.0 Å². The van der Waals surface area contributed by atoms with Gasteiger partial charge in [0.25, 0.3) is 0 Å². The van der Waals surface area contributed by atoms with Crippen molar-refractivity contribution in [3.8, 4) is 5.75 Å². The normalized spacial score (nSPS) is 17.1. The average Bonchev–Trinajstić information content (AvgIpc) is 3.78. The molecular formula is C42H49N13O6S. The van der Waals surface area contributed by atoms with Crippen LogP contribution in [-0.4, -0.2) is 109 Å².